The second kappa shape index (κ2) is 6.91. The summed E-state index contributed by atoms with van der Waals surface area (Å²) in [6.07, 6.45) is 1.86. The summed E-state index contributed by atoms with van der Waals surface area (Å²) in [4.78, 5) is 0. The lowest BCUT2D eigenvalue weighted by Gasteiger charge is -2.27. The zero-order chi connectivity index (χ0) is 18.8. The molecule has 2 aromatic rings. The molecule has 0 aliphatic carbocycles. The third kappa shape index (κ3) is 4.62. The summed E-state index contributed by atoms with van der Waals surface area (Å²) < 4.78 is 0. The van der Waals surface area contributed by atoms with E-state index in [0.29, 0.717) is 5.75 Å². The zero-order valence-corrected chi connectivity index (χ0v) is 16.5. The van der Waals surface area contributed by atoms with Gasteiger partial charge < -0.3 is 5.11 Å². The van der Waals surface area contributed by atoms with Crippen LogP contribution in [0.1, 0.15) is 58.2 Å². The van der Waals surface area contributed by atoms with Gasteiger partial charge in [-0.3, -0.25) is 5.01 Å². The van der Waals surface area contributed by atoms with Crippen LogP contribution in [0.3, 0.4) is 0 Å². The maximum Gasteiger partial charge on any atom is 0.123 e. The van der Waals surface area contributed by atoms with Crippen LogP contribution < -0.4 is 5.01 Å². The molecule has 0 aliphatic rings. The summed E-state index contributed by atoms with van der Waals surface area (Å²) in [5.41, 5.74) is 3.64. The van der Waals surface area contributed by atoms with E-state index in [9.17, 15) is 5.11 Å². The van der Waals surface area contributed by atoms with Crippen LogP contribution in [0.15, 0.2) is 47.6 Å². The number of benzene rings is 2. The van der Waals surface area contributed by atoms with Gasteiger partial charge in [-0.1, -0.05) is 59.7 Å². The number of phenolic OH excluding ortho intramolecular Hbond substituents is 1. The highest BCUT2D eigenvalue weighted by molar-refractivity contribution is 5.82. The summed E-state index contributed by atoms with van der Waals surface area (Å²) >= 11 is 0. The zero-order valence-electron chi connectivity index (χ0n) is 16.5. The summed E-state index contributed by atoms with van der Waals surface area (Å²) in [6, 6.07) is 14.1. The van der Waals surface area contributed by atoms with Gasteiger partial charge >= 0.3 is 0 Å². The highest BCUT2D eigenvalue weighted by atomic mass is 16.3. The Balaban J connectivity index is 2.46. The number of aromatic hydroxyl groups is 1. The Hall–Kier alpha value is -2.29. The van der Waals surface area contributed by atoms with Gasteiger partial charge in [-0.2, -0.15) is 5.10 Å². The average Bonchev–Trinajstić information content (AvgIpc) is 2.52. The van der Waals surface area contributed by atoms with Crippen LogP contribution in [-0.4, -0.2) is 18.4 Å². The van der Waals surface area contributed by atoms with Gasteiger partial charge in [0.2, 0.25) is 0 Å². The molecule has 2 aromatic carbocycles. The van der Waals surface area contributed by atoms with Crippen molar-refractivity contribution in [3.8, 4) is 5.75 Å². The minimum absolute atomic E-state index is 0.140. The predicted octanol–water partition coefficient (Wildman–Crippen LogP) is 5.46. The number of nitrogens with zero attached hydrogens (tertiary/aromatic N) is 2. The van der Waals surface area contributed by atoms with E-state index in [0.717, 1.165) is 22.4 Å². The standard InChI is InChI=1S/C22H30N2O/c1-21(2,3)18-13-16(14-19(20(18)25)22(4,5)6)15-23-24(7)17-11-9-8-10-12-17/h8-15,25H,1-7H3/b23-15-. The molecule has 2 rings (SSSR count). The van der Waals surface area contributed by atoms with E-state index in [4.69, 9.17) is 0 Å². The number of anilines is 1. The lowest BCUT2D eigenvalue weighted by molar-refractivity contribution is 0.423. The maximum absolute atomic E-state index is 10.8. The largest absolute Gasteiger partial charge is 0.507 e. The molecule has 1 N–H and O–H groups in total. The molecular weight excluding hydrogens is 308 g/mol. The topological polar surface area (TPSA) is 35.8 Å². The molecule has 3 nitrogen and oxygen atoms in total. The second-order valence-corrected chi connectivity index (χ2v) is 8.57. The van der Waals surface area contributed by atoms with Crippen molar-refractivity contribution < 1.29 is 5.11 Å². The highest BCUT2D eigenvalue weighted by Gasteiger charge is 2.26. The molecule has 0 spiro atoms. The fourth-order valence-electron chi connectivity index (χ4n) is 2.74. The number of hydrazone groups is 1. The van der Waals surface area contributed by atoms with E-state index in [-0.39, 0.29) is 10.8 Å². The minimum atomic E-state index is -0.140. The number of phenols is 1. The van der Waals surface area contributed by atoms with Crippen molar-refractivity contribution in [3.63, 3.8) is 0 Å². The molecule has 0 bridgehead atoms. The van der Waals surface area contributed by atoms with Crippen LogP contribution in [0.4, 0.5) is 5.69 Å². The molecule has 0 fully saturated rings. The first kappa shape index (κ1) is 19.0. The second-order valence-electron chi connectivity index (χ2n) is 8.57. The van der Waals surface area contributed by atoms with Gasteiger partial charge in [0.25, 0.3) is 0 Å². The molecule has 0 unspecified atom stereocenters. The molecule has 0 amide bonds. The Morgan fingerprint density at radius 3 is 1.80 bits per heavy atom. The molecule has 3 heteroatoms. The van der Waals surface area contributed by atoms with Crippen molar-refractivity contribution in [1.29, 1.82) is 0 Å². The minimum Gasteiger partial charge on any atom is -0.507 e. The SMILES string of the molecule is CN(/N=C\c1cc(C(C)(C)C)c(O)c(C(C)(C)C)c1)c1ccccc1. The van der Waals surface area contributed by atoms with Crippen LogP contribution in [-0.2, 0) is 10.8 Å². The molecular formula is C22H30N2O. The van der Waals surface area contributed by atoms with Crippen LogP contribution >= 0.6 is 0 Å². The van der Waals surface area contributed by atoms with E-state index in [1.807, 2.05) is 60.7 Å². The van der Waals surface area contributed by atoms with Crippen LogP contribution in [0.25, 0.3) is 0 Å². The van der Waals surface area contributed by atoms with Gasteiger partial charge in [-0.25, -0.2) is 0 Å². The summed E-state index contributed by atoms with van der Waals surface area (Å²) in [7, 11) is 1.93. The summed E-state index contributed by atoms with van der Waals surface area (Å²) in [5.74, 6) is 0.397. The fraction of sp³-hybridized carbons (Fsp3) is 0.409. The van der Waals surface area contributed by atoms with Gasteiger partial charge in [-0.15, -0.1) is 0 Å². The van der Waals surface area contributed by atoms with Gasteiger partial charge in [0.1, 0.15) is 5.75 Å². The summed E-state index contributed by atoms with van der Waals surface area (Å²) in [5, 5.41) is 17.2. The quantitative estimate of drug-likeness (QED) is 0.596. The Kier molecular flexibility index (Phi) is 5.26. The Labute approximate surface area is 152 Å². The number of para-hydroxylation sites is 1. The van der Waals surface area contributed by atoms with Crippen molar-refractivity contribution in [3.05, 3.63) is 59.2 Å². The number of rotatable bonds is 3. The molecule has 0 radical (unpaired) electrons. The average molecular weight is 338 g/mol. The number of hydrogen-bond donors (Lipinski definition) is 1. The molecule has 0 aromatic heterocycles. The third-order valence-electron chi connectivity index (χ3n) is 4.26. The van der Waals surface area contributed by atoms with Crippen LogP contribution in [0.5, 0.6) is 5.75 Å². The third-order valence-corrected chi connectivity index (χ3v) is 4.26. The van der Waals surface area contributed by atoms with Crippen molar-refractivity contribution in [1.82, 2.24) is 0 Å². The molecule has 25 heavy (non-hydrogen) atoms. The monoisotopic (exact) mass is 338 g/mol. The van der Waals surface area contributed by atoms with E-state index in [1.165, 1.54) is 0 Å². The lowest BCUT2D eigenvalue weighted by Crippen LogP contribution is -2.18. The first-order chi connectivity index (χ1) is 11.5. The Morgan fingerprint density at radius 1 is 0.880 bits per heavy atom. The van der Waals surface area contributed by atoms with Crippen molar-refractivity contribution in [2.45, 2.75) is 52.4 Å². The van der Waals surface area contributed by atoms with E-state index in [2.05, 4.69) is 46.6 Å². The number of hydrogen-bond acceptors (Lipinski definition) is 3. The van der Waals surface area contributed by atoms with Crippen molar-refractivity contribution >= 4 is 11.9 Å². The Morgan fingerprint density at radius 2 is 1.36 bits per heavy atom. The molecule has 0 saturated carbocycles. The van der Waals surface area contributed by atoms with E-state index < -0.39 is 0 Å². The Bertz CT molecular complexity index is 715. The van der Waals surface area contributed by atoms with Gasteiger partial charge in [0, 0.05) is 18.2 Å². The first-order valence-electron chi connectivity index (χ1n) is 8.71. The molecule has 0 atom stereocenters. The first-order valence-corrected chi connectivity index (χ1v) is 8.71. The normalized spacial score (nSPS) is 12.6. The van der Waals surface area contributed by atoms with Gasteiger partial charge in [-0.05, 0) is 40.7 Å². The lowest BCUT2D eigenvalue weighted by atomic mass is 9.78. The fourth-order valence-corrected chi connectivity index (χ4v) is 2.74. The van der Waals surface area contributed by atoms with Crippen molar-refractivity contribution in [2.75, 3.05) is 12.1 Å². The smallest absolute Gasteiger partial charge is 0.123 e. The van der Waals surface area contributed by atoms with Crippen LogP contribution in [0.2, 0.25) is 0 Å². The molecule has 0 heterocycles. The maximum atomic E-state index is 10.8. The van der Waals surface area contributed by atoms with E-state index >= 15 is 0 Å². The van der Waals surface area contributed by atoms with Crippen molar-refractivity contribution in [2.24, 2.45) is 5.10 Å². The molecule has 134 valence electrons. The highest BCUT2D eigenvalue weighted by Crippen LogP contribution is 2.39. The molecule has 0 aliphatic heterocycles. The van der Waals surface area contributed by atoms with Crippen LogP contribution in [0, 0.1) is 0 Å². The predicted molar refractivity (Wildman–Crippen MR) is 108 cm³/mol. The summed E-state index contributed by atoms with van der Waals surface area (Å²) in [6.45, 7) is 12.7. The van der Waals surface area contributed by atoms with Gasteiger partial charge in [0.05, 0.1) is 11.9 Å². The molecule has 0 saturated heterocycles. The van der Waals surface area contributed by atoms with Gasteiger partial charge in [0.15, 0.2) is 0 Å². The van der Waals surface area contributed by atoms with E-state index in [1.54, 1.807) is 0 Å².